The maximum absolute atomic E-state index is 13.0. The summed E-state index contributed by atoms with van der Waals surface area (Å²) in [6, 6.07) is 16.4. The zero-order chi connectivity index (χ0) is 22.3. The van der Waals surface area contributed by atoms with Crippen LogP contribution in [0.2, 0.25) is 0 Å². The van der Waals surface area contributed by atoms with E-state index in [0.717, 1.165) is 18.4 Å². The van der Waals surface area contributed by atoms with Crippen LogP contribution in [0.15, 0.2) is 60.2 Å². The second kappa shape index (κ2) is 8.30. The van der Waals surface area contributed by atoms with Crippen molar-refractivity contribution in [2.45, 2.75) is 62.7 Å². The fraction of sp³-hybridized carbons (Fsp3) is 0.423. The van der Waals surface area contributed by atoms with Gasteiger partial charge in [-0.05, 0) is 54.4 Å². The summed E-state index contributed by atoms with van der Waals surface area (Å²) in [5.74, 6) is 0.0160. The molecule has 32 heavy (non-hydrogen) atoms. The summed E-state index contributed by atoms with van der Waals surface area (Å²) in [5.41, 5.74) is 5.77. The second-order valence-electron chi connectivity index (χ2n) is 9.01. The Balaban J connectivity index is 1.24. The van der Waals surface area contributed by atoms with E-state index >= 15 is 0 Å². The van der Waals surface area contributed by atoms with Crippen molar-refractivity contribution >= 4 is 6.09 Å². The largest absolute Gasteiger partial charge is 0.448 e. The molecule has 0 spiro atoms. The van der Waals surface area contributed by atoms with Crippen molar-refractivity contribution in [2.24, 2.45) is 0 Å². The molecule has 0 aromatic heterocycles. The Bertz CT molecular complexity index is 1000. The molecule has 2 bridgehead atoms. The Hall–Kier alpha value is -2.76. The smallest absolute Gasteiger partial charge is 0.410 e. The molecule has 1 saturated heterocycles. The number of fused-ring (bicyclic) bond motifs is 5. The molecule has 2 heterocycles. The highest BCUT2D eigenvalue weighted by Crippen LogP contribution is 2.45. The van der Waals surface area contributed by atoms with Crippen molar-refractivity contribution in [3.8, 4) is 11.1 Å². The number of amides is 1. The number of ether oxygens (including phenoxy) is 1. The minimum absolute atomic E-state index is 0.0160. The summed E-state index contributed by atoms with van der Waals surface area (Å²) in [4.78, 5) is 14.8. The first-order chi connectivity index (χ1) is 15.4. The number of benzene rings is 2. The third-order valence-electron chi connectivity index (χ3n) is 6.98. The third kappa shape index (κ3) is 4.03. The van der Waals surface area contributed by atoms with E-state index in [9.17, 15) is 18.0 Å². The lowest BCUT2D eigenvalue weighted by molar-refractivity contribution is -0.135. The van der Waals surface area contributed by atoms with Gasteiger partial charge < -0.3 is 4.74 Å². The van der Waals surface area contributed by atoms with Gasteiger partial charge in [0.15, 0.2) is 0 Å². The molecule has 3 aliphatic rings. The lowest BCUT2D eigenvalue weighted by Gasteiger charge is -2.33. The molecule has 2 atom stereocenters. The molecule has 1 aliphatic carbocycles. The van der Waals surface area contributed by atoms with Gasteiger partial charge in [-0.1, -0.05) is 60.2 Å². The van der Waals surface area contributed by atoms with E-state index in [1.807, 2.05) is 30.3 Å². The van der Waals surface area contributed by atoms with Crippen molar-refractivity contribution in [2.75, 3.05) is 6.61 Å². The Morgan fingerprint density at radius 2 is 1.66 bits per heavy atom. The molecule has 2 aliphatic heterocycles. The predicted octanol–water partition coefficient (Wildman–Crippen LogP) is 6.83. The Morgan fingerprint density at radius 3 is 2.28 bits per heavy atom. The van der Waals surface area contributed by atoms with Gasteiger partial charge in [0.2, 0.25) is 0 Å². The van der Waals surface area contributed by atoms with Gasteiger partial charge in [-0.15, -0.1) is 0 Å². The number of hydrogen-bond acceptors (Lipinski definition) is 2. The molecule has 2 unspecified atom stereocenters. The topological polar surface area (TPSA) is 29.5 Å². The summed E-state index contributed by atoms with van der Waals surface area (Å²) in [5, 5.41) is 0. The van der Waals surface area contributed by atoms with Gasteiger partial charge in [-0.2, -0.15) is 13.2 Å². The van der Waals surface area contributed by atoms with E-state index in [-0.39, 0.29) is 37.1 Å². The zero-order valence-electron chi connectivity index (χ0n) is 17.8. The number of alkyl halides is 3. The monoisotopic (exact) mass is 441 g/mol. The molecule has 1 fully saturated rings. The molecule has 0 saturated carbocycles. The van der Waals surface area contributed by atoms with E-state index in [0.29, 0.717) is 12.8 Å². The first-order valence-corrected chi connectivity index (χ1v) is 11.3. The Kier molecular flexibility index (Phi) is 5.48. The number of carbonyl (C=O) groups excluding carboxylic acids is 1. The molecule has 2 aromatic rings. The summed E-state index contributed by atoms with van der Waals surface area (Å²) in [6.07, 6.45) is -0.252. The number of rotatable bonds is 5. The normalized spacial score (nSPS) is 21.8. The van der Waals surface area contributed by atoms with Crippen LogP contribution in [-0.4, -0.2) is 35.9 Å². The molecule has 2 aromatic carbocycles. The molecular weight excluding hydrogens is 415 g/mol. The van der Waals surface area contributed by atoms with E-state index in [4.69, 9.17) is 4.74 Å². The average molecular weight is 441 g/mol. The standard InChI is InChI=1S/C26H26F3NO2/c27-26(28,29)13-5-6-17-14-18-11-12-19(15-17)30(18)25(31)32-16-24-22-9-3-1-7-20(22)21-8-2-4-10-23(21)24/h1-4,7-10,14,18-19,24H,5-6,11-13,15-16H2. The molecular formula is C26H26F3NO2. The molecule has 6 heteroatoms. The maximum atomic E-state index is 13.0. The van der Waals surface area contributed by atoms with E-state index < -0.39 is 12.6 Å². The number of hydrogen-bond donors (Lipinski definition) is 0. The predicted molar refractivity (Wildman–Crippen MR) is 116 cm³/mol. The molecule has 3 nitrogen and oxygen atoms in total. The fourth-order valence-corrected chi connectivity index (χ4v) is 5.57. The van der Waals surface area contributed by atoms with Crippen LogP contribution < -0.4 is 0 Å². The van der Waals surface area contributed by atoms with E-state index in [1.54, 1.807) is 4.90 Å². The minimum Gasteiger partial charge on any atom is -0.448 e. The molecule has 0 N–H and O–H groups in total. The summed E-state index contributed by atoms with van der Waals surface area (Å²) in [7, 11) is 0. The lowest BCUT2D eigenvalue weighted by atomic mass is 9.96. The van der Waals surface area contributed by atoms with Gasteiger partial charge in [-0.3, -0.25) is 4.90 Å². The van der Waals surface area contributed by atoms with Crippen LogP contribution in [-0.2, 0) is 4.74 Å². The molecule has 5 rings (SSSR count). The Morgan fingerprint density at radius 1 is 1.00 bits per heavy atom. The van der Waals surface area contributed by atoms with Crippen LogP contribution in [0.4, 0.5) is 18.0 Å². The van der Waals surface area contributed by atoms with E-state index in [1.165, 1.54) is 22.3 Å². The van der Waals surface area contributed by atoms with Gasteiger partial charge >= 0.3 is 12.3 Å². The van der Waals surface area contributed by atoms with Crippen LogP contribution in [0.1, 0.15) is 55.6 Å². The summed E-state index contributed by atoms with van der Waals surface area (Å²) >= 11 is 0. The van der Waals surface area contributed by atoms with Gasteiger partial charge in [0.25, 0.3) is 0 Å². The first kappa shape index (κ1) is 21.1. The molecule has 1 amide bonds. The number of nitrogens with zero attached hydrogens (tertiary/aromatic N) is 1. The van der Waals surface area contributed by atoms with Gasteiger partial charge in [0.05, 0.1) is 6.04 Å². The second-order valence-corrected chi connectivity index (χ2v) is 9.01. The van der Waals surface area contributed by atoms with Crippen molar-refractivity contribution in [1.82, 2.24) is 4.90 Å². The van der Waals surface area contributed by atoms with Crippen LogP contribution >= 0.6 is 0 Å². The quantitative estimate of drug-likeness (QED) is 0.476. The average Bonchev–Trinajstić information content (AvgIpc) is 3.23. The van der Waals surface area contributed by atoms with Crippen LogP contribution in [0.25, 0.3) is 11.1 Å². The molecule has 0 radical (unpaired) electrons. The van der Waals surface area contributed by atoms with Crippen LogP contribution in [0.5, 0.6) is 0 Å². The first-order valence-electron chi connectivity index (χ1n) is 11.3. The van der Waals surface area contributed by atoms with E-state index in [2.05, 4.69) is 24.3 Å². The maximum Gasteiger partial charge on any atom is 0.410 e. The van der Waals surface area contributed by atoms with Crippen molar-refractivity contribution in [1.29, 1.82) is 0 Å². The highest BCUT2D eigenvalue weighted by Gasteiger charge is 2.41. The van der Waals surface area contributed by atoms with Crippen LogP contribution in [0.3, 0.4) is 0 Å². The van der Waals surface area contributed by atoms with Crippen molar-refractivity contribution in [3.63, 3.8) is 0 Å². The summed E-state index contributed by atoms with van der Waals surface area (Å²) in [6.45, 7) is 0.283. The zero-order valence-corrected chi connectivity index (χ0v) is 17.8. The SMILES string of the molecule is O=C(OCC1c2ccccc2-c2ccccc21)N1C2C=C(CCCC(F)(F)F)CC1CC2. The molecule has 168 valence electrons. The summed E-state index contributed by atoms with van der Waals surface area (Å²) < 4.78 is 43.2. The van der Waals surface area contributed by atoms with Crippen molar-refractivity contribution in [3.05, 3.63) is 71.3 Å². The van der Waals surface area contributed by atoms with Gasteiger partial charge in [0.1, 0.15) is 6.61 Å². The third-order valence-corrected chi connectivity index (χ3v) is 6.98. The van der Waals surface area contributed by atoms with Crippen LogP contribution in [0, 0.1) is 0 Å². The highest BCUT2D eigenvalue weighted by molar-refractivity contribution is 5.79. The van der Waals surface area contributed by atoms with Gasteiger partial charge in [-0.25, -0.2) is 4.79 Å². The minimum atomic E-state index is -4.11. The number of carbonyl (C=O) groups is 1. The number of halogens is 3. The Labute approximate surface area is 185 Å². The van der Waals surface area contributed by atoms with Gasteiger partial charge in [0, 0.05) is 18.4 Å². The van der Waals surface area contributed by atoms with Crippen molar-refractivity contribution < 1.29 is 22.7 Å². The fourth-order valence-electron chi connectivity index (χ4n) is 5.57. The highest BCUT2D eigenvalue weighted by atomic mass is 19.4. The lowest BCUT2D eigenvalue weighted by Crippen LogP contribution is -2.43.